The number of aromatic nitrogens is 2. The Morgan fingerprint density at radius 3 is 2.62 bits per heavy atom. The summed E-state index contributed by atoms with van der Waals surface area (Å²) in [7, 11) is 1.98. The fourth-order valence-corrected chi connectivity index (χ4v) is 2.26. The number of rotatable bonds is 5. The van der Waals surface area contributed by atoms with Gasteiger partial charge in [0, 0.05) is 13.5 Å². The summed E-state index contributed by atoms with van der Waals surface area (Å²) >= 11 is 0. The van der Waals surface area contributed by atoms with E-state index in [0.717, 1.165) is 28.2 Å². The van der Waals surface area contributed by atoms with Gasteiger partial charge in [0.25, 0.3) is 0 Å². The first-order valence-electron chi connectivity index (χ1n) is 6.75. The molecule has 0 N–H and O–H groups in total. The van der Waals surface area contributed by atoms with E-state index in [1.807, 2.05) is 66.4 Å². The van der Waals surface area contributed by atoms with Crippen molar-refractivity contribution < 1.29 is 9.53 Å². The summed E-state index contributed by atoms with van der Waals surface area (Å²) < 4.78 is 7.79. The van der Waals surface area contributed by atoms with Crippen LogP contribution in [0.4, 0.5) is 0 Å². The molecule has 0 fully saturated rings. The van der Waals surface area contributed by atoms with Crippen LogP contribution >= 0.6 is 0 Å². The summed E-state index contributed by atoms with van der Waals surface area (Å²) in [4.78, 5) is 14.9. The van der Waals surface area contributed by atoms with Gasteiger partial charge in [0.05, 0.1) is 11.0 Å². The highest BCUT2D eigenvalue weighted by Crippen LogP contribution is 2.17. The third-order valence-electron chi connectivity index (χ3n) is 3.45. The van der Waals surface area contributed by atoms with Crippen LogP contribution in [0.5, 0.6) is 5.75 Å². The van der Waals surface area contributed by atoms with Gasteiger partial charge in [0.15, 0.2) is 0 Å². The lowest BCUT2D eigenvalue weighted by atomic mass is 10.2. The Kier molecular flexibility index (Phi) is 3.69. The molecule has 4 heteroatoms. The molecule has 0 saturated carbocycles. The zero-order valence-electron chi connectivity index (χ0n) is 11.7. The Morgan fingerprint density at radius 1 is 1.14 bits per heavy atom. The van der Waals surface area contributed by atoms with Crippen molar-refractivity contribution in [2.75, 3.05) is 0 Å². The van der Waals surface area contributed by atoms with Crippen LogP contribution < -0.4 is 4.74 Å². The molecule has 0 saturated heterocycles. The van der Waals surface area contributed by atoms with Gasteiger partial charge in [0.2, 0.25) is 6.29 Å². The summed E-state index contributed by atoms with van der Waals surface area (Å²) in [5, 5.41) is 0. The molecule has 3 rings (SSSR count). The number of fused-ring (bicyclic) bond motifs is 1. The average molecular weight is 279 g/mol. The first kappa shape index (κ1) is 13.4. The van der Waals surface area contributed by atoms with E-state index < -0.39 is 0 Å². The quantitative estimate of drug-likeness (QED) is 0.721. The van der Waals surface area contributed by atoms with Gasteiger partial charge in [-0.3, -0.25) is 4.79 Å². The molecule has 0 spiro atoms. The highest BCUT2D eigenvalue weighted by atomic mass is 16.5. The van der Waals surface area contributed by atoms with E-state index in [0.29, 0.717) is 13.0 Å². The highest BCUT2D eigenvalue weighted by Gasteiger charge is 2.07. The topological polar surface area (TPSA) is 44.1 Å². The normalized spacial score (nSPS) is 10.7. The van der Waals surface area contributed by atoms with E-state index in [-0.39, 0.29) is 0 Å². The minimum absolute atomic E-state index is 0.311. The second-order valence-electron chi connectivity index (χ2n) is 4.83. The second-order valence-corrected chi connectivity index (χ2v) is 4.83. The molecule has 0 aliphatic heterocycles. The van der Waals surface area contributed by atoms with E-state index in [4.69, 9.17) is 4.74 Å². The second kappa shape index (κ2) is 5.79. The molecule has 1 heterocycles. The van der Waals surface area contributed by atoms with Crippen LogP contribution in [0.2, 0.25) is 0 Å². The molecule has 1 aromatic heterocycles. The molecule has 0 aliphatic rings. The summed E-state index contributed by atoms with van der Waals surface area (Å²) in [6, 6.07) is 15.5. The lowest BCUT2D eigenvalue weighted by Gasteiger charge is -2.06. The van der Waals surface area contributed by atoms with Crippen LogP contribution in [-0.4, -0.2) is 15.8 Å². The first-order chi connectivity index (χ1) is 10.3. The van der Waals surface area contributed by atoms with Gasteiger partial charge in [-0.1, -0.05) is 24.3 Å². The fourth-order valence-electron chi connectivity index (χ4n) is 2.26. The van der Waals surface area contributed by atoms with Crippen LogP contribution in [0.3, 0.4) is 0 Å². The third-order valence-corrected chi connectivity index (χ3v) is 3.45. The number of carbonyl (C=O) groups excluding carboxylic acids is 1. The molecule has 0 amide bonds. The molecule has 0 unspecified atom stereocenters. The molecule has 105 valence electrons. The zero-order valence-corrected chi connectivity index (χ0v) is 11.7. The van der Waals surface area contributed by atoms with E-state index in [1.54, 1.807) is 0 Å². The number of imidazole rings is 1. The van der Waals surface area contributed by atoms with Gasteiger partial charge in [-0.2, -0.15) is 0 Å². The number of hydrogen-bond donors (Lipinski definition) is 0. The van der Waals surface area contributed by atoms with Crippen molar-refractivity contribution in [2.45, 2.75) is 13.0 Å². The Labute approximate surface area is 123 Å². The Hall–Kier alpha value is -2.62. The van der Waals surface area contributed by atoms with Gasteiger partial charge >= 0.3 is 0 Å². The van der Waals surface area contributed by atoms with E-state index in [2.05, 4.69) is 4.98 Å². The Morgan fingerprint density at radius 2 is 1.90 bits per heavy atom. The van der Waals surface area contributed by atoms with E-state index in [1.165, 1.54) is 0 Å². The van der Waals surface area contributed by atoms with Crippen LogP contribution in [-0.2, 0) is 24.9 Å². The van der Waals surface area contributed by atoms with E-state index in [9.17, 15) is 4.79 Å². The standard InChI is InChI=1S/C17H15N2O2/c1-19-16-5-3-2-4-15(16)18-17(19)12-21-14-8-6-13(7-9-14)10-11-20/h2-9H,10,12H2,1H3. The molecule has 4 nitrogen and oxygen atoms in total. The Balaban J connectivity index is 1.74. The molecule has 0 bridgehead atoms. The largest absolute Gasteiger partial charge is 0.486 e. The van der Waals surface area contributed by atoms with Gasteiger partial charge in [-0.15, -0.1) is 0 Å². The van der Waals surface area contributed by atoms with Crippen molar-refractivity contribution in [1.29, 1.82) is 0 Å². The molecule has 1 radical (unpaired) electrons. The van der Waals surface area contributed by atoms with Gasteiger partial charge < -0.3 is 9.30 Å². The SMILES string of the molecule is Cn1c(COc2ccc(C[C]=O)cc2)nc2ccccc21. The molecular formula is C17H15N2O2. The lowest BCUT2D eigenvalue weighted by Crippen LogP contribution is -2.03. The monoisotopic (exact) mass is 279 g/mol. The number of para-hydroxylation sites is 2. The zero-order chi connectivity index (χ0) is 14.7. The number of hydrogen-bond acceptors (Lipinski definition) is 3. The van der Waals surface area contributed by atoms with Gasteiger partial charge in [-0.25, -0.2) is 4.98 Å². The lowest BCUT2D eigenvalue weighted by molar-refractivity contribution is 0.292. The van der Waals surface area contributed by atoms with Crippen molar-refractivity contribution in [3.63, 3.8) is 0 Å². The number of benzene rings is 2. The first-order valence-corrected chi connectivity index (χ1v) is 6.75. The maximum absolute atomic E-state index is 10.3. The summed E-state index contributed by atoms with van der Waals surface area (Å²) in [6.07, 6.45) is 2.19. The van der Waals surface area contributed by atoms with Crippen LogP contribution in [0.1, 0.15) is 11.4 Å². The molecule has 0 atom stereocenters. The minimum atomic E-state index is 0.311. The van der Waals surface area contributed by atoms with Crippen LogP contribution in [0.15, 0.2) is 48.5 Å². The molecule has 0 aliphatic carbocycles. The van der Waals surface area contributed by atoms with Crippen LogP contribution in [0, 0.1) is 0 Å². The molecule has 3 aromatic rings. The maximum atomic E-state index is 10.3. The molecule has 21 heavy (non-hydrogen) atoms. The molecule has 2 aromatic carbocycles. The molecular weight excluding hydrogens is 264 g/mol. The summed E-state index contributed by atoms with van der Waals surface area (Å²) in [6.45, 7) is 0.407. The van der Waals surface area contributed by atoms with Crippen molar-refractivity contribution in [3.8, 4) is 5.75 Å². The van der Waals surface area contributed by atoms with E-state index >= 15 is 0 Å². The van der Waals surface area contributed by atoms with Crippen LogP contribution in [0.25, 0.3) is 11.0 Å². The number of aryl methyl sites for hydroxylation is 1. The van der Waals surface area contributed by atoms with Crippen molar-refractivity contribution in [3.05, 3.63) is 59.9 Å². The minimum Gasteiger partial charge on any atom is -0.486 e. The van der Waals surface area contributed by atoms with Gasteiger partial charge in [-0.05, 0) is 29.8 Å². The average Bonchev–Trinajstić information content (AvgIpc) is 2.84. The number of ether oxygens (including phenoxy) is 1. The predicted octanol–water partition coefficient (Wildman–Crippen LogP) is 2.80. The third kappa shape index (κ3) is 2.79. The summed E-state index contributed by atoms with van der Waals surface area (Å²) in [5.74, 6) is 1.64. The van der Waals surface area contributed by atoms with Gasteiger partial charge in [0.1, 0.15) is 18.2 Å². The van der Waals surface area contributed by atoms with Crippen molar-refractivity contribution in [1.82, 2.24) is 9.55 Å². The number of nitrogens with zero attached hydrogens (tertiary/aromatic N) is 2. The van der Waals surface area contributed by atoms with Crippen molar-refractivity contribution in [2.24, 2.45) is 7.05 Å². The van der Waals surface area contributed by atoms with Crippen molar-refractivity contribution >= 4 is 17.3 Å². The smallest absolute Gasteiger partial charge is 0.203 e. The predicted molar refractivity (Wildman–Crippen MR) is 80.9 cm³/mol. The Bertz CT molecular complexity index is 760. The summed E-state index contributed by atoms with van der Waals surface area (Å²) in [5.41, 5.74) is 2.99. The maximum Gasteiger partial charge on any atom is 0.203 e. The fraction of sp³-hybridized carbons (Fsp3) is 0.176. The highest BCUT2D eigenvalue weighted by molar-refractivity contribution is 5.75.